The number of rotatable bonds is 3. The van der Waals surface area contributed by atoms with Gasteiger partial charge >= 0.3 is 0 Å². The van der Waals surface area contributed by atoms with Crippen molar-refractivity contribution in [2.45, 2.75) is 37.9 Å². The van der Waals surface area contributed by atoms with Crippen LogP contribution in [0.5, 0.6) is 0 Å². The molecule has 0 aromatic heterocycles. The number of fused-ring (bicyclic) bond motifs is 1. The van der Waals surface area contributed by atoms with Crippen LogP contribution in [0.3, 0.4) is 0 Å². The second-order valence-electron chi connectivity index (χ2n) is 6.09. The molecule has 1 heterocycles. The van der Waals surface area contributed by atoms with E-state index < -0.39 is 21.2 Å². The predicted octanol–water partition coefficient (Wildman–Crippen LogP) is 2.20. The van der Waals surface area contributed by atoms with Crippen molar-refractivity contribution in [3.8, 4) is 0 Å². The molecule has 1 aromatic rings. The van der Waals surface area contributed by atoms with Gasteiger partial charge in [0.05, 0.1) is 5.69 Å². The molecule has 2 rings (SSSR count). The summed E-state index contributed by atoms with van der Waals surface area (Å²) in [7, 11) is -0.572. The molecule has 0 fully saturated rings. The van der Waals surface area contributed by atoms with E-state index in [-0.39, 0.29) is 0 Å². The summed E-state index contributed by atoms with van der Waals surface area (Å²) in [6.07, 6.45) is 1.73. The van der Waals surface area contributed by atoms with Crippen LogP contribution in [0.4, 0.5) is 5.69 Å². The molecule has 1 aliphatic rings. The molecule has 5 nitrogen and oxygen atoms in total. The van der Waals surface area contributed by atoms with Gasteiger partial charge in [-0.15, -0.1) is 0 Å². The standard InChI is InChI=1S/C16H24N2O3S/c1-12-8-7-11-18(15-10-6-5-9-14(12)15)22(20,21)13(2)16(19)17(3)4/h5-6,9-10,12-13H,7-8,11H2,1-4H3/t12-,13-/m0/s1. The van der Waals surface area contributed by atoms with Crippen LogP contribution in [0.15, 0.2) is 24.3 Å². The summed E-state index contributed by atoms with van der Waals surface area (Å²) in [5.74, 6) is -0.0777. The maximum absolute atomic E-state index is 12.9. The van der Waals surface area contributed by atoms with Crippen LogP contribution < -0.4 is 4.31 Å². The molecule has 0 unspecified atom stereocenters. The third-order valence-electron chi connectivity index (χ3n) is 4.28. The SMILES string of the molecule is C[C@H]1CCCN(S(=O)(=O)[C@@H](C)C(=O)N(C)C)c2ccccc21. The largest absolute Gasteiger partial charge is 0.348 e. The van der Waals surface area contributed by atoms with Crippen molar-refractivity contribution in [3.05, 3.63) is 29.8 Å². The highest BCUT2D eigenvalue weighted by molar-refractivity contribution is 7.94. The molecule has 0 saturated carbocycles. The average molecular weight is 324 g/mol. The molecule has 0 spiro atoms. The minimum absolute atomic E-state index is 0.316. The molecule has 0 saturated heterocycles. The van der Waals surface area contributed by atoms with Crippen LogP contribution in [0, 0.1) is 0 Å². The van der Waals surface area contributed by atoms with Gasteiger partial charge in [0.15, 0.2) is 5.25 Å². The summed E-state index contributed by atoms with van der Waals surface area (Å²) in [5, 5.41) is -1.08. The minimum atomic E-state index is -3.72. The Balaban J connectivity index is 2.47. The van der Waals surface area contributed by atoms with E-state index in [1.165, 1.54) is 16.1 Å². The lowest BCUT2D eigenvalue weighted by atomic mass is 9.96. The summed E-state index contributed by atoms with van der Waals surface area (Å²) < 4.78 is 27.3. The molecule has 0 radical (unpaired) electrons. The number of nitrogens with zero attached hydrogens (tertiary/aromatic N) is 2. The fraction of sp³-hybridized carbons (Fsp3) is 0.562. The molecule has 2 atom stereocenters. The smallest absolute Gasteiger partial charge is 0.246 e. The van der Waals surface area contributed by atoms with Gasteiger partial charge in [-0.2, -0.15) is 0 Å². The highest BCUT2D eigenvalue weighted by atomic mass is 32.2. The molecular formula is C16H24N2O3S. The van der Waals surface area contributed by atoms with E-state index in [0.717, 1.165) is 18.4 Å². The average Bonchev–Trinajstić information content (AvgIpc) is 2.65. The van der Waals surface area contributed by atoms with E-state index in [1.54, 1.807) is 14.1 Å². The Hall–Kier alpha value is -1.56. The van der Waals surface area contributed by atoms with E-state index in [1.807, 2.05) is 24.3 Å². The zero-order valence-corrected chi connectivity index (χ0v) is 14.4. The van der Waals surface area contributed by atoms with Crippen molar-refractivity contribution in [3.63, 3.8) is 0 Å². The minimum Gasteiger partial charge on any atom is -0.348 e. The van der Waals surface area contributed by atoms with Crippen molar-refractivity contribution < 1.29 is 13.2 Å². The first-order chi connectivity index (χ1) is 10.3. The molecule has 22 heavy (non-hydrogen) atoms. The Morgan fingerprint density at radius 3 is 2.59 bits per heavy atom. The van der Waals surface area contributed by atoms with Crippen molar-refractivity contribution >= 4 is 21.6 Å². The lowest BCUT2D eigenvalue weighted by molar-refractivity contribution is -0.127. The Bertz CT molecular complexity index is 655. The zero-order chi connectivity index (χ0) is 16.5. The molecule has 1 aliphatic heterocycles. The molecule has 6 heteroatoms. The maximum atomic E-state index is 12.9. The van der Waals surface area contributed by atoms with Crippen LogP contribution in [0.1, 0.15) is 38.2 Å². The Morgan fingerprint density at radius 1 is 1.32 bits per heavy atom. The van der Waals surface area contributed by atoms with Crippen molar-refractivity contribution in [2.24, 2.45) is 0 Å². The third-order valence-corrected chi connectivity index (χ3v) is 6.37. The summed E-state index contributed by atoms with van der Waals surface area (Å²) in [5.41, 5.74) is 1.75. The Labute approximate surface area is 133 Å². The number of amides is 1. The summed E-state index contributed by atoms with van der Waals surface area (Å²) >= 11 is 0. The fourth-order valence-corrected chi connectivity index (χ4v) is 4.57. The quantitative estimate of drug-likeness (QED) is 0.856. The molecule has 0 aliphatic carbocycles. The van der Waals surface area contributed by atoms with Gasteiger partial charge in [-0.25, -0.2) is 8.42 Å². The van der Waals surface area contributed by atoms with Crippen LogP contribution in [-0.4, -0.2) is 45.1 Å². The molecular weight excluding hydrogens is 300 g/mol. The Kier molecular flexibility index (Phi) is 4.80. The first-order valence-corrected chi connectivity index (χ1v) is 9.08. The van der Waals surface area contributed by atoms with Crippen LogP contribution in [-0.2, 0) is 14.8 Å². The fourth-order valence-electron chi connectivity index (χ4n) is 2.89. The highest BCUT2D eigenvalue weighted by Crippen LogP contribution is 2.36. The lowest BCUT2D eigenvalue weighted by Gasteiger charge is -2.28. The van der Waals surface area contributed by atoms with Gasteiger partial charge in [0.2, 0.25) is 15.9 Å². The number of hydrogen-bond donors (Lipinski definition) is 0. The van der Waals surface area contributed by atoms with Gasteiger partial charge < -0.3 is 4.90 Å². The number of anilines is 1. The first-order valence-electron chi connectivity index (χ1n) is 7.58. The highest BCUT2D eigenvalue weighted by Gasteiger charge is 2.36. The number of carbonyl (C=O) groups excluding carboxylic acids is 1. The number of hydrogen-bond acceptors (Lipinski definition) is 3. The van der Waals surface area contributed by atoms with Gasteiger partial charge in [0, 0.05) is 20.6 Å². The molecule has 0 N–H and O–H groups in total. The van der Waals surface area contributed by atoms with Gasteiger partial charge in [-0.1, -0.05) is 25.1 Å². The van der Waals surface area contributed by atoms with E-state index in [0.29, 0.717) is 18.2 Å². The molecule has 122 valence electrons. The second-order valence-corrected chi connectivity index (χ2v) is 8.27. The zero-order valence-electron chi connectivity index (χ0n) is 13.6. The topological polar surface area (TPSA) is 57.7 Å². The molecule has 1 amide bonds. The molecule has 0 bridgehead atoms. The van der Waals surface area contributed by atoms with E-state index in [4.69, 9.17) is 0 Å². The van der Waals surface area contributed by atoms with Crippen LogP contribution in [0.2, 0.25) is 0 Å². The lowest BCUT2D eigenvalue weighted by Crippen LogP contribution is -2.45. The number of carbonyl (C=O) groups is 1. The second kappa shape index (κ2) is 6.28. The van der Waals surface area contributed by atoms with Crippen molar-refractivity contribution in [2.75, 3.05) is 24.9 Å². The maximum Gasteiger partial charge on any atom is 0.246 e. The van der Waals surface area contributed by atoms with E-state index >= 15 is 0 Å². The Morgan fingerprint density at radius 2 is 1.95 bits per heavy atom. The van der Waals surface area contributed by atoms with Crippen molar-refractivity contribution in [1.29, 1.82) is 0 Å². The number of para-hydroxylation sites is 1. The summed E-state index contributed by atoms with van der Waals surface area (Å²) in [6, 6.07) is 7.59. The first kappa shape index (κ1) is 16.8. The summed E-state index contributed by atoms with van der Waals surface area (Å²) in [6.45, 7) is 4.01. The van der Waals surface area contributed by atoms with Crippen LogP contribution >= 0.6 is 0 Å². The summed E-state index contributed by atoms with van der Waals surface area (Å²) in [4.78, 5) is 13.4. The van der Waals surface area contributed by atoms with Gasteiger partial charge in [-0.3, -0.25) is 9.10 Å². The van der Waals surface area contributed by atoms with Gasteiger partial charge in [-0.05, 0) is 37.3 Å². The monoisotopic (exact) mass is 324 g/mol. The predicted molar refractivity (Wildman–Crippen MR) is 88.5 cm³/mol. The number of benzene rings is 1. The normalized spacial score (nSPS) is 20.0. The van der Waals surface area contributed by atoms with Crippen molar-refractivity contribution in [1.82, 2.24) is 4.90 Å². The van der Waals surface area contributed by atoms with Crippen LogP contribution in [0.25, 0.3) is 0 Å². The molecule has 1 aromatic carbocycles. The third kappa shape index (κ3) is 2.97. The van der Waals surface area contributed by atoms with E-state index in [9.17, 15) is 13.2 Å². The van der Waals surface area contributed by atoms with Gasteiger partial charge in [0.25, 0.3) is 0 Å². The van der Waals surface area contributed by atoms with Gasteiger partial charge in [0.1, 0.15) is 0 Å². The van der Waals surface area contributed by atoms with E-state index in [2.05, 4.69) is 6.92 Å². The number of sulfonamides is 1.